The van der Waals surface area contributed by atoms with Gasteiger partial charge in [-0.05, 0) is 36.8 Å². The van der Waals surface area contributed by atoms with Gasteiger partial charge in [-0.15, -0.1) is 0 Å². The third-order valence-corrected chi connectivity index (χ3v) is 3.40. The van der Waals surface area contributed by atoms with E-state index in [9.17, 15) is 8.78 Å². The molecule has 5 heteroatoms. The average molecular weight is 287 g/mol. The maximum atomic E-state index is 13.3. The van der Waals surface area contributed by atoms with Gasteiger partial charge in [-0.25, -0.2) is 13.8 Å². The SMILES string of the molecule is CC(N)c1nc2cc(F)ccc2n1Cc1ccc(F)cc1. The molecule has 0 fully saturated rings. The van der Waals surface area contributed by atoms with Gasteiger partial charge in [0.1, 0.15) is 17.5 Å². The van der Waals surface area contributed by atoms with E-state index in [4.69, 9.17) is 5.73 Å². The summed E-state index contributed by atoms with van der Waals surface area (Å²) in [7, 11) is 0. The second-order valence-electron chi connectivity index (χ2n) is 5.10. The van der Waals surface area contributed by atoms with Crippen LogP contribution in [0.25, 0.3) is 11.0 Å². The molecule has 21 heavy (non-hydrogen) atoms. The summed E-state index contributed by atoms with van der Waals surface area (Å²) in [6.45, 7) is 2.35. The molecule has 1 unspecified atom stereocenters. The summed E-state index contributed by atoms with van der Waals surface area (Å²) in [5.41, 5.74) is 8.28. The number of nitrogens with zero attached hydrogens (tertiary/aromatic N) is 2. The summed E-state index contributed by atoms with van der Waals surface area (Å²) >= 11 is 0. The molecule has 1 aromatic heterocycles. The molecule has 1 atom stereocenters. The maximum Gasteiger partial charge on any atom is 0.126 e. The molecule has 3 aromatic rings. The average Bonchev–Trinajstić information content (AvgIpc) is 2.79. The molecular formula is C16H15F2N3. The van der Waals surface area contributed by atoms with Crippen molar-refractivity contribution < 1.29 is 8.78 Å². The van der Waals surface area contributed by atoms with Gasteiger partial charge in [0.25, 0.3) is 0 Å². The van der Waals surface area contributed by atoms with Crippen LogP contribution in [0.15, 0.2) is 42.5 Å². The number of aromatic nitrogens is 2. The predicted molar refractivity (Wildman–Crippen MR) is 77.8 cm³/mol. The Labute approximate surface area is 121 Å². The largest absolute Gasteiger partial charge is 0.322 e. The van der Waals surface area contributed by atoms with Crippen molar-refractivity contribution in [3.05, 3.63) is 65.5 Å². The van der Waals surface area contributed by atoms with Gasteiger partial charge in [-0.2, -0.15) is 0 Å². The first kappa shape index (κ1) is 13.7. The van der Waals surface area contributed by atoms with Crippen molar-refractivity contribution in [1.29, 1.82) is 0 Å². The Morgan fingerprint density at radius 2 is 1.76 bits per heavy atom. The van der Waals surface area contributed by atoms with E-state index in [0.717, 1.165) is 11.1 Å². The highest BCUT2D eigenvalue weighted by molar-refractivity contribution is 5.76. The first-order valence-electron chi connectivity index (χ1n) is 6.70. The van der Waals surface area contributed by atoms with Crippen LogP contribution in [0.2, 0.25) is 0 Å². The number of rotatable bonds is 3. The van der Waals surface area contributed by atoms with Gasteiger partial charge in [0.2, 0.25) is 0 Å². The third-order valence-electron chi connectivity index (χ3n) is 3.40. The molecule has 0 aliphatic carbocycles. The van der Waals surface area contributed by atoms with Gasteiger partial charge in [0.05, 0.1) is 17.1 Å². The lowest BCUT2D eigenvalue weighted by Gasteiger charge is -2.11. The van der Waals surface area contributed by atoms with E-state index in [1.165, 1.54) is 24.3 Å². The Morgan fingerprint density at radius 1 is 1.10 bits per heavy atom. The second-order valence-corrected chi connectivity index (χ2v) is 5.10. The second kappa shape index (κ2) is 5.26. The lowest BCUT2D eigenvalue weighted by molar-refractivity contribution is 0.624. The van der Waals surface area contributed by atoms with E-state index < -0.39 is 0 Å². The molecule has 1 heterocycles. The van der Waals surface area contributed by atoms with E-state index in [0.29, 0.717) is 17.9 Å². The zero-order valence-corrected chi connectivity index (χ0v) is 11.6. The van der Waals surface area contributed by atoms with Crippen molar-refractivity contribution in [2.24, 2.45) is 5.73 Å². The quantitative estimate of drug-likeness (QED) is 0.802. The van der Waals surface area contributed by atoms with E-state index >= 15 is 0 Å². The molecule has 108 valence electrons. The summed E-state index contributed by atoms with van der Waals surface area (Å²) < 4.78 is 28.3. The van der Waals surface area contributed by atoms with Gasteiger partial charge in [0, 0.05) is 12.6 Å². The Balaban J connectivity index is 2.10. The van der Waals surface area contributed by atoms with Crippen molar-refractivity contribution in [2.45, 2.75) is 19.5 Å². The number of fused-ring (bicyclic) bond motifs is 1. The van der Waals surface area contributed by atoms with E-state index in [2.05, 4.69) is 4.98 Å². The van der Waals surface area contributed by atoms with Crippen molar-refractivity contribution in [1.82, 2.24) is 9.55 Å². The Bertz CT molecular complexity index is 776. The Kier molecular flexibility index (Phi) is 3.43. The van der Waals surface area contributed by atoms with E-state index in [-0.39, 0.29) is 17.7 Å². The third kappa shape index (κ3) is 2.64. The zero-order valence-electron chi connectivity index (χ0n) is 11.6. The highest BCUT2D eigenvalue weighted by Gasteiger charge is 2.14. The topological polar surface area (TPSA) is 43.8 Å². The number of hydrogen-bond donors (Lipinski definition) is 1. The monoisotopic (exact) mass is 287 g/mol. The highest BCUT2D eigenvalue weighted by Crippen LogP contribution is 2.22. The smallest absolute Gasteiger partial charge is 0.126 e. The number of nitrogens with two attached hydrogens (primary N) is 1. The first-order chi connectivity index (χ1) is 10.0. The molecule has 0 aliphatic rings. The fraction of sp³-hybridized carbons (Fsp3) is 0.188. The lowest BCUT2D eigenvalue weighted by Crippen LogP contribution is -2.14. The zero-order chi connectivity index (χ0) is 15.0. The number of imidazole rings is 1. The molecule has 0 saturated carbocycles. The first-order valence-corrected chi connectivity index (χ1v) is 6.70. The lowest BCUT2D eigenvalue weighted by atomic mass is 10.2. The van der Waals surface area contributed by atoms with Crippen LogP contribution >= 0.6 is 0 Å². The fourth-order valence-corrected chi connectivity index (χ4v) is 2.41. The van der Waals surface area contributed by atoms with Crippen molar-refractivity contribution >= 4 is 11.0 Å². The number of hydrogen-bond acceptors (Lipinski definition) is 2. The fourth-order valence-electron chi connectivity index (χ4n) is 2.41. The maximum absolute atomic E-state index is 13.3. The molecule has 0 spiro atoms. The minimum atomic E-state index is -0.329. The van der Waals surface area contributed by atoms with Gasteiger partial charge in [-0.3, -0.25) is 0 Å². The van der Waals surface area contributed by atoms with Gasteiger partial charge in [0.15, 0.2) is 0 Å². The standard InChI is InChI=1S/C16H15F2N3/c1-10(19)16-20-14-8-13(18)6-7-15(14)21(16)9-11-2-4-12(17)5-3-11/h2-8,10H,9,19H2,1H3. The number of benzene rings is 2. The van der Waals surface area contributed by atoms with E-state index in [1.807, 2.05) is 11.5 Å². The molecule has 2 aromatic carbocycles. The summed E-state index contributed by atoms with van der Waals surface area (Å²) in [6.07, 6.45) is 0. The normalized spacial score (nSPS) is 12.8. The van der Waals surface area contributed by atoms with Gasteiger partial charge < -0.3 is 10.3 Å². The van der Waals surface area contributed by atoms with Crippen LogP contribution in [0.4, 0.5) is 8.78 Å². The Hall–Kier alpha value is -2.27. The van der Waals surface area contributed by atoms with Crippen LogP contribution in [-0.4, -0.2) is 9.55 Å². The van der Waals surface area contributed by atoms with Crippen LogP contribution in [0.3, 0.4) is 0 Å². The van der Waals surface area contributed by atoms with Crippen LogP contribution in [0.5, 0.6) is 0 Å². The summed E-state index contributed by atoms with van der Waals surface area (Å²) in [6, 6.07) is 10.5. The summed E-state index contributed by atoms with van der Waals surface area (Å²) in [5.74, 6) is 0.0776. The summed E-state index contributed by atoms with van der Waals surface area (Å²) in [5, 5.41) is 0. The van der Waals surface area contributed by atoms with Crippen LogP contribution in [0.1, 0.15) is 24.4 Å². The van der Waals surface area contributed by atoms with Crippen LogP contribution < -0.4 is 5.73 Å². The minimum absolute atomic E-state index is 0.274. The van der Waals surface area contributed by atoms with Crippen LogP contribution in [-0.2, 0) is 6.54 Å². The molecule has 0 saturated heterocycles. The molecule has 0 amide bonds. The molecule has 0 bridgehead atoms. The van der Waals surface area contributed by atoms with Gasteiger partial charge >= 0.3 is 0 Å². The molecular weight excluding hydrogens is 272 g/mol. The minimum Gasteiger partial charge on any atom is -0.322 e. The molecule has 0 radical (unpaired) electrons. The highest BCUT2D eigenvalue weighted by atomic mass is 19.1. The number of halogens is 2. The predicted octanol–water partition coefficient (Wildman–Crippen LogP) is 3.38. The molecule has 3 nitrogen and oxygen atoms in total. The van der Waals surface area contributed by atoms with E-state index in [1.54, 1.807) is 18.2 Å². The van der Waals surface area contributed by atoms with Crippen molar-refractivity contribution in [3.63, 3.8) is 0 Å². The van der Waals surface area contributed by atoms with Crippen LogP contribution in [0, 0.1) is 11.6 Å². The van der Waals surface area contributed by atoms with Crippen molar-refractivity contribution in [3.8, 4) is 0 Å². The van der Waals surface area contributed by atoms with Crippen molar-refractivity contribution in [2.75, 3.05) is 0 Å². The molecule has 3 rings (SSSR count). The Morgan fingerprint density at radius 3 is 2.43 bits per heavy atom. The summed E-state index contributed by atoms with van der Waals surface area (Å²) in [4.78, 5) is 4.41. The molecule has 2 N–H and O–H groups in total. The van der Waals surface area contributed by atoms with Gasteiger partial charge in [-0.1, -0.05) is 12.1 Å². The molecule has 0 aliphatic heterocycles.